The Morgan fingerprint density at radius 1 is 1.18 bits per heavy atom. The molecule has 0 spiro atoms. The topological polar surface area (TPSA) is 106 Å². The quantitative estimate of drug-likeness (QED) is 0.357. The number of sulfone groups is 1. The molecule has 2 N–H and O–H groups in total. The fraction of sp³-hybridized carbons (Fsp3) is 0.333. The molecule has 0 bridgehead atoms. The number of carbonyl (C=O) groups is 1. The highest BCUT2D eigenvalue weighted by atomic mass is 32.2. The molecule has 0 radical (unpaired) electrons. The van der Waals surface area contributed by atoms with E-state index in [-0.39, 0.29) is 28.6 Å². The van der Waals surface area contributed by atoms with E-state index in [0.717, 1.165) is 10.7 Å². The molecule has 0 saturated heterocycles. The Labute approximate surface area is 188 Å². The summed E-state index contributed by atoms with van der Waals surface area (Å²) in [6.45, 7) is 1.51. The second kappa shape index (κ2) is 9.79. The Morgan fingerprint density at radius 2 is 1.91 bits per heavy atom. The van der Waals surface area contributed by atoms with E-state index in [0.29, 0.717) is 17.8 Å². The van der Waals surface area contributed by atoms with E-state index < -0.39 is 34.2 Å². The number of aromatic nitrogens is 3. The number of hydrogen-bond donors (Lipinski definition) is 2. The molecule has 0 amide bonds. The highest BCUT2D eigenvalue weighted by molar-refractivity contribution is 7.91. The first-order valence-electron chi connectivity index (χ1n) is 10.0. The average Bonchev–Trinajstić information content (AvgIpc) is 3.41. The fourth-order valence-corrected chi connectivity index (χ4v) is 3.99. The molecule has 178 valence electrons. The molecule has 2 heterocycles. The van der Waals surface area contributed by atoms with Crippen molar-refractivity contribution in [2.75, 3.05) is 26.0 Å². The van der Waals surface area contributed by atoms with E-state index in [1.807, 2.05) is 0 Å². The van der Waals surface area contributed by atoms with Gasteiger partial charge in [-0.25, -0.2) is 8.42 Å². The van der Waals surface area contributed by atoms with E-state index in [1.165, 1.54) is 25.1 Å². The van der Waals surface area contributed by atoms with Gasteiger partial charge in [0.2, 0.25) is 0 Å². The second-order valence-corrected chi connectivity index (χ2v) is 9.39. The highest BCUT2D eigenvalue weighted by Gasteiger charge is 2.35. The molecule has 0 aliphatic heterocycles. The first kappa shape index (κ1) is 24.5. The van der Waals surface area contributed by atoms with Gasteiger partial charge in [-0.3, -0.25) is 9.48 Å². The van der Waals surface area contributed by atoms with Gasteiger partial charge in [-0.2, -0.15) is 18.3 Å². The third kappa shape index (κ3) is 5.82. The number of likely N-dealkylation sites (N-methyl/N-ethyl adjacent to an activating group) is 1. The van der Waals surface area contributed by atoms with Gasteiger partial charge < -0.3 is 15.0 Å². The van der Waals surface area contributed by atoms with Crippen molar-refractivity contribution >= 4 is 15.8 Å². The van der Waals surface area contributed by atoms with Crippen LogP contribution in [0, 0.1) is 0 Å². The summed E-state index contributed by atoms with van der Waals surface area (Å²) in [6, 6.07) is 10.2. The van der Waals surface area contributed by atoms with Crippen LogP contribution in [0.5, 0.6) is 0 Å². The minimum absolute atomic E-state index is 0.0384. The third-order valence-electron chi connectivity index (χ3n) is 4.81. The zero-order chi connectivity index (χ0) is 24.2. The molecule has 12 heteroatoms. The molecule has 0 fully saturated rings. The summed E-state index contributed by atoms with van der Waals surface area (Å²) < 4.78 is 70.1. The first-order chi connectivity index (χ1) is 15.5. The number of hydrogen-bond acceptors (Lipinski definition) is 6. The maximum atomic E-state index is 13.3. The third-order valence-corrected chi connectivity index (χ3v) is 6.54. The lowest BCUT2D eigenvalue weighted by atomic mass is 10.2. The van der Waals surface area contributed by atoms with Gasteiger partial charge in [-0.15, -0.1) is 0 Å². The van der Waals surface area contributed by atoms with Crippen molar-refractivity contribution in [3.05, 3.63) is 48.2 Å². The van der Waals surface area contributed by atoms with Crippen LogP contribution in [0.3, 0.4) is 0 Å². The molecule has 0 aliphatic carbocycles. The van der Waals surface area contributed by atoms with Gasteiger partial charge in [-0.05, 0) is 42.9 Å². The average molecular weight is 485 g/mol. The molecular weight excluding hydrogens is 461 g/mol. The van der Waals surface area contributed by atoms with Crippen LogP contribution in [0.15, 0.2) is 47.4 Å². The minimum atomic E-state index is -4.70. The van der Waals surface area contributed by atoms with Crippen LogP contribution in [-0.4, -0.2) is 55.1 Å². The van der Waals surface area contributed by atoms with E-state index in [9.17, 15) is 26.4 Å². The SMILES string of the molecule is CCS(=O)(=O)c1cccc(-c2ccc(-c3cc(C(F)(F)F)nn3CC(=O)OCCNC)[nH]2)c1. The van der Waals surface area contributed by atoms with Gasteiger partial charge in [-0.1, -0.05) is 19.1 Å². The van der Waals surface area contributed by atoms with Crippen LogP contribution >= 0.6 is 0 Å². The maximum Gasteiger partial charge on any atom is 0.435 e. The van der Waals surface area contributed by atoms with Crippen LogP contribution < -0.4 is 5.32 Å². The molecule has 0 unspecified atom stereocenters. The summed E-state index contributed by atoms with van der Waals surface area (Å²) in [4.78, 5) is 15.2. The number of benzene rings is 1. The maximum absolute atomic E-state index is 13.3. The summed E-state index contributed by atoms with van der Waals surface area (Å²) in [6.07, 6.45) is -4.70. The predicted molar refractivity (Wildman–Crippen MR) is 115 cm³/mol. The molecule has 1 aromatic carbocycles. The summed E-state index contributed by atoms with van der Waals surface area (Å²) in [5.41, 5.74) is 0.212. The standard InChI is InChI=1S/C21H23F3N4O4S/c1-3-33(30,31)15-6-4-5-14(11-15)16-7-8-17(26-16)18-12-19(21(22,23)24)27-28(18)13-20(29)32-10-9-25-2/h4-8,11-12,25-26H,3,9-10,13H2,1-2H3. The fourth-order valence-electron chi connectivity index (χ4n) is 3.06. The van der Waals surface area contributed by atoms with E-state index in [2.05, 4.69) is 15.4 Å². The molecular formula is C21H23F3N4O4S. The Hall–Kier alpha value is -3.12. The Balaban J connectivity index is 1.95. The normalized spacial score (nSPS) is 12.2. The number of H-pyrrole nitrogens is 1. The van der Waals surface area contributed by atoms with E-state index in [4.69, 9.17) is 4.74 Å². The zero-order valence-corrected chi connectivity index (χ0v) is 18.8. The summed E-state index contributed by atoms with van der Waals surface area (Å²) in [5, 5.41) is 6.33. The first-order valence-corrected chi connectivity index (χ1v) is 11.7. The lowest BCUT2D eigenvalue weighted by Gasteiger charge is -2.08. The van der Waals surface area contributed by atoms with Crippen LogP contribution in [0.4, 0.5) is 13.2 Å². The van der Waals surface area contributed by atoms with Crippen molar-refractivity contribution in [3.63, 3.8) is 0 Å². The van der Waals surface area contributed by atoms with Gasteiger partial charge in [0.15, 0.2) is 15.5 Å². The Kier molecular flexibility index (Phi) is 7.28. The highest BCUT2D eigenvalue weighted by Crippen LogP contribution is 2.33. The summed E-state index contributed by atoms with van der Waals surface area (Å²) in [7, 11) is -1.75. The lowest BCUT2D eigenvalue weighted by Crippen LogP contribution is -2.21. The summed E-state index contributed by atoms with van der Waals surface area (Å²) >= 11 is 0. The van der Waals surface area contributed by atoms with Crippen molar-refractivity contribution in [3.8, 4) is 22.6 Å². The molecule has 0 saturated carbocycles. The number of alkyl halides is 3. The van der Waals surface area contributed by atoms with Gasteiger partial charge in [0.1, 0.15) is 13.2 Å². The Bertz CT molecular complexity index is 1230. The van der Waals surface area contributed by atoms with Gasteiger partial charge >= 0.3 is 12.1 Å². The van der Waals surface area contributed by atoms with Crippen molar-refractivity contribution < 1.29 is 31.1 Å². The number of carbonyl (C=O) groups excluding carboxylic acids is 1. The number of esters is 1. The molecule has 8 nitrogen and oxygen atoms in total. The number of nitrogens with one attached hydrogen (secondary N) is 2. The molecule has 2 aromatic heterocycles. The monoisotopic (exact) mass is 484 g/mol. The number of nitrogens with zero attached hydrogens (tertiary/aromatic N) is 2. The van der Waals surface area contributed by atoms with Crippen molar-refractivity contribution in [1.29, 1.82) is 0 Å². The number of aromatic amines is 1. The second-order valence-electron chi connectivity index (χ2n) is 7.11. The van der Waals surface area contributed by atoms with E-state index in [1.54, 1.807) is 25.2 Å². The van der Waals surface area contributed by atoms with Gasteiger partial charge in [0.25, 0.3) is 0 Å². The molecule has 0 atom stereocenters. The van der Waals surface area contributed by atoms with Crippen LogP contribution in [-0.2, 0) is 32.1 Å². The van der Waals surface area contributed by atoms with Gasteiger partial charge in [0.05, 0.1) is 22.0 Å². The molecule has 0 aliphatic rings. The van der Waals surface area contributed by atoms with Crippen molar-refractivity contribution in [2.24, 2.45) is 0 Å². The smallest absolute Gasteiger partial charge is 0.435 e. The predicted octanol–water partition coefficient (Wildman–Crippen LogP) is 3.12. The van der Waals surface area contributed by atoms with Crippen LogP contribution in [0.2, 0.25) is 0 Å². The molecule has 3 rings (SSSR count). The molecule has 3 aromatic rings. The van der Waals surface area contributed by atoms with Crippen molar-refractivity contribution in [1.82, 2.24) is 20.1 Å². The number of halogens is 3. The van der Waals surface area contributed by atoms with Crippen LogP contribution in [0.25, 0.3) is 22.6 Å². The summed E-state index contributed by atoms with van der Waals surface area (Å²) in [5.74, 6) is -0.788. The van der Waals surface area contributed by atoms with Crippen molar-refractivity contribution in [2.45, 2.75) is 24.5 Å². The Morgan fingerprint density at radius 3 is 2.58 bits per heavy atom. The minimum Gasteiger partial charge on any atom is -0.463 e. The number of rotatable bonds is 9. The molecule has 33 heavy (non-hydrogen) atoms. The van der Waals surface area contributed by atoms with Crippen LogP contribution in [0.1, 0.15) is 12.6 Å². The zero-order valence-electron chi connectivity index (χ0n) is 17.9. The van der Waals surface area contributed by atoms with E-state index >= 15 is 0 Å². The number of ether oxygens (including phenoxy) is 1. The lowest BCUT2D eigenvalue weighted by molar-refractivity contribution is -0.146. The largest absolute Gasteiger partial charge is 0.463 e. The van der Waals surface area contributed by atoms with Gasteiger partial charge in [0, 0.05) is 12.2 Å².